The van der Waals surface area contributed by atoms with Crippen LogP contribution in [0.2, 0.25) is 0 Å². The third-order valence-electron chi connectivity index (χ3n) is 12.3. The number of hydrogen-bond acceptors (Lipinski definition) is 4. The predicted molar refractivity (Wildman–Crippen MR) is 253 cm³/mol. The molecule has 0 aliphatic heterocycles. The van der Waals surface area contributed by atoms with Gasteiger partial charge in [0.1, 0.15) is 11.5 Å². The van der Waals surface area contributed by atoms with Gasteiger partial charge in [-0.3, -0.25) is 0 Å². The number of benzene rings is 2. The largest absolute Gasteiger partial charge is 0.507 e. The van der Waals surface area contributed by atoms with Gasteiger partial charge in [0.25, 0.3) is 0 Å². The highest BCUT2D eigenvalue weighted by molar-refractivity contribution is 7.89. The molecule has 0 amide bonds. The third-order valence-corrected chi connectivity index (χ3v) is 14.3. The highest BCUT2D eigenvalue weighted by Gasteiger charge is 2.30. The number of rotatable bonds is 25. The van der Waals surface area contributed by atoms with Crippen LogP contribution < -0.4 is 0 Å². The van der Waals surface area contributed by atoms with Crippen LogP contribution >= 0.6 is 0 Å². The van der Waals surface area contributed by atoms with Crippen LogP contribution in [0.1, 0.15) is 239 Å². The van der Waals surface area contributed by atoms with E-state index in [1.165, 1.54) is 83.5 Å². The number of nitrogens with zero attached hydrogens (tertiary/aromatic N) is 1. The Balaban J connectivity index is 2.16. The fourth-order valence-electron chi connectivity index (χ4n) is 8.34. The fraction of sp³-hybridized carbons (Fsp3) is 0.769. The van der Waals surface area contributed by atoms with E-state index in [-0.39, 0.29) is 33.5 Å². The standard InChI is InChI=1S/C52H91NO4S/c1-15-16-17-18-19-20-21-22-23-24-25-26-27-28-29-30-35-58(56,57)53(14)42(33-31-40-36-43(49(2,3)4)47(54)44(37-40)50(5,6)7)34-32-41-38-45(51(8,9)10)48(55)46(39-41)52(11,12)13/h36-39,42,54-55H,15-35H2,1-14H3. The highest BCUT2D eigenvalue weighted by atomic mass is 32.2. The van der Waals surface area contributed by atoms with Crippen LogP contribution in [-0.4, -0.2) is 41.8 Å². The molecule has 0 fully saturated rings. The molecule has 0 spiro atoms. The van der Waals surface area contributed by atoms with Gasteiger partial charge in [0.2, 0.25) is 10.0 Å². The number of aryl methyl sites for hydroxylation is 2. The van der Waals surface area contributed by atoms with Crippen molar-refractivity contribution >= 4 is 10.0 Å². The first-order valence-corrected chi connectivity index (χ1v) is 25.1. The topological polar surface area (TPSA) is 77.8 Å². The van der Waals surface area contributed by atoms with Gasteiger partial charge in [-0.2, -0.15) is 0 Å². The first-order chi connectivity index (χ1) is 26.8. The lowest BCUT2D eigenvalue weighted by molar-refractivity contribution is 0.330. The Morgan fingerprint density at radius 1 is 0.483 bits per heavy atom. The monoisotopic (exact) mass is 826 g/mol. The second-order valence-corrected chi connectivity index (χ2v) is 24.1. The molecule has 0 aliphatic rings. The van der Waals surface area contributed by atoms with Crippen molar-refractivity contribution in [1.82, 2.24) is 4.31 Å². The molecule has 0 aliphatic carbocycles. The molecule has 58 heavy (non-hydrogen) atoms. The quantitative estimate of drug-likeness (QED) is 0.0978. The summed E-state index contributed by atoms with van der Waals surface area (Å²) in [6.45, 7) is 27.9. The van der Waals surface area contributed by atoms with Crippen molar-refractivity contribution in [2.45, 2.75) is 246 Å². The first kappa shape index (κ1) is 52.1. The van der Waals surface area contributed by atoms with Crippen molar-refractivity contribution in [1.29, 1.82) is 0 Å². The lowest BCUT2D eigenvalue weighted by Crippen LogP contribution is -2.39. The smallest absolute Gasteiger partial charge is 0.214 e. The Kier molecular flexibility index (Phi) is 20.9. The molecule has 334 valence electrons. The van der Waals surface area contributed by atoms with E-state index in [4.69, 9.17) is 0 Å². The van der Waals surface area contributed by atoms with Crippen LogP contribution in [0, 0.1) is 0 Å². The average molecular weight is 826 g/mol. The van der Waals surface area contributed by atoms with Crippen molar-refractivity contribution in [2.75, 3.05) is 12.8 Å². The van der Waals surface area contributed by atoms with E-state index in [1.54, 1.807) is 11.4 Å². The number of sulfonamides is 1. The van der Waals surface area contributed by atoms with Crippen LogP contribution in [0.4, 0.5) is 0 Å². The molecular formula is C52H91NO4S. The molecule has 2 N–H and O–H groups in total. The summed E-state index contributed by atoms with van der Waals surface area (Å²) in [4.78, 5) is 0. The Morgan fingerprint density at radius 3 is 1.00 bits per heavy atom. The molecule has 5 nitrogen and oxygen atoms in total. The number of aromatic hydroxyl groups is 2. The van der Waals surface area contributed by atoms with Crippen molar-refractivity contribution < 1.29 is 18.6 Å². The van der Waals surface area contributed by atoms with Gasteiger partial charge in [-0.15, -0.1) is 0 Å². The lowest BCUT2D eigenvalue weighted by atomic mass is 9.77. The highest BCUT2D eigenvalue weighted by Crippen LogP contribution is 2.42. The van der Waals surface area contributed by atoms with Crippen molar-refractivity contribution in [3.63, 3.8) is 0 Å². The predicted octanol–water partition coefficient (Wildman–Crippen LogP) is 14.7. The van der Waals surface area contributed by atoms with Gasteiger partial charge in [-0.1, -0.05) is 211 Å². The summed E-state index contributed by atoms with van der Waals surface area (Å²) in [6.07, 6.45) is 23.0. The molecule has 2 aromatic rings. The molecule has 0 unspecified atom stereocenters. The number of phenolic OH excluding ortho intramolecular Hbond substituents is 2. The average Bonchev–Trinajstić information content (AvgIpc) is 3.10. The van der Waals surface area contributed by atoms with Gasteiger partial charge in [-0.05, 0) is 87.1 Å². The normalized spacial score (nSPS) is 13.3. The summed E-state index contributed by atoms with van der Waals surface area (Å²) in [5, 5.41) is 22.8. The van der Waals surface area contributed by atoms with E-state index in [1.807, 2.05) is 0 Å². The van der Waals surface area contributed by atoms with E-state index >= 15 is 0 Å². The molecular weight excluding hydrogens is 735 g/mol. The molecule has 6 heteroatoms. The Labute approximate surface area is 359 Å². The summed E-state index contributed by atoms with van der Waals surface area (Å²) in [7, 11) is -1.68. The molecule has 0 aromatic heterocycles. The zero-order chi connectivity index (χ0) is 44.0. The SMILES string of the molecule is CCCCCCCCCCCCCCCCCCS(=O)(=O)N(C)C(CCc1cc(C(C)(C)C)c(O)c(C(C)(C)C)c1)CCc1cc(C(C)(C)C)c(O)c(C(C)(C)C)c1. The summed E-state index contributed by atoms with van der Waals surface area (Å²) in [6, 6.07) is 8.35. The Morgan fingerprint density at radius 2 is 0.741 bits per heavy atom. The van der Waals surface area contributed by atoms with Crippen LogP contribution in [-0.2, 0) is 44.5 Å². The minimum Gasteiger partial charge on any atom is -0.507 e. The van der Waals surface area contributed by atoms with E-state index in [0.717, 1.165) is 46.2 Å². The third kappa shape index (κ3) is 17.5. The maximum absolute atomic E-state index is 14.0. The van der Waals surface area contributed by atoms with Gasteiger partial charge in [0.05, 0.1) is 5.75 Å². The second-order valence-electron chi connectivity index (χ2n) is 21.9. The summed E-state index contributed by atoms with van der Waals surface area (Å²) < 4.78 is 29.8. The van der Waals surface area contributed by atoms with E-state index in [2.05, 4.69) is 114 Å². The molecule has 0 heterocycles. The second kappa shape index (κ2) is 23.2. The van der Waals surface area contributed by atoms with Gasteiger partial charge >= 0.3 is 0 Å². The zero-order valence-electron chi connectivity index (χ0n) is 40.3. The van der Waals surface area contributed by atoms with Crippen molar-refractivity contribution in [3.8, 4) is 11.5 Å². The van der Waals surface area contributed by atoms with E-state index in [9.17, 15) is 18.6 Å². The summed E-state index contributed by atoms with van der Waals surface area (Å²) in [5.41, 5.74) is 5.07. The lowest BCUT2D eigenvalue weighted by Gasteiger charge is -2.31. The number of hydrogen-bond donors (Lipinski definition) is 2. The molecule has 0 bridgehead atoms. The molecule has 2 aromatic carbocycles. The molecule has 0 atom stereocenters. The minimum atomic E-state index is -3.47. The maximum atomic E-state index is 14.0. The number of unbranched alkanes of at least 4 members (excludes halogenated alkanes) is 15. The van der Waals surface area contributed by atoms with Crippen molar-refractivity contribution in [2.24, 2.45) is 0 Å². The van der Waals surface area contributed by atoms with E-state index < -0.39 is 10.0 Å². The number of phenols is 2. The molecule has 0 saturated carbocycles. The van der Waals surface area contributed by atoms with Crippen LogP contribution in [0.3, 0.4) is 0 Å². The summed E-state index contributed by atoms with van der Waals surface area (Å²) in [5.74, 6) is 0.924. The molecule has 0 saturated heterocycles. The maximum Gasteiger partial charge on any atom is 0.214 e. The Hall–Kier alpha value is -2.05. The van der Waals surface area contributed by atoms with E-state index in [0.29, 0.717) is 43.6 Å². The molecule has 2 rings (SSSR count). The van der Waals surface area contributed by atoms with Crippen LogP contribution in [0.5, 0.6) is 11.5 Å². The minimum absolute atomic E-state index is 0.182. The zero-order valence-corrected chi connectivity index (χ0v) is 41.1. The van der Waals surface area contributed by atoms with Gasteiger partial charge in [0, 0.05) is 13.1 Å². The van der Waals surface area contributed by atoms with Gasteiger partial charge in [-0.25, -0.2) is 12.7 Å². The van der Waals surface area contributed by atoms with Crippen LogP contribution in [0.25, 0.3) is 0 Å². The van der Waals surface area contributed by atoms with Gasteiger partial charge < -0.3 is 10.2 Å². The first-order valence-electron chi connectivity index (χ1n) is 23.5. The van der Waals surface area contributed by atoms with Crippen LogP contribution in [0.15, 0.2) is 24.3 Å². The van der Waals surface area contributed by atoms with Gasteiger partial charge in [0.15, 0.2) is 0 Å². The summed E-state index contributed by atoms with van der Waals surface area (Å²) >= 11 is 0. The fourth-order valence-corrected chi connectivity index (χ4v) is 9.86. The molecule has 0 radical (unpaired) electrons. The Bertz CT molecular complexity index is 1460. The van der Waals surface area contributed by atoms with Crippen molar-refractivity contribution in [3.05, 3.63) is 57.6 Å².